The molecule has 3 rings (SSSR count). The van der Waals surface area contributed by atoms with Gasteiger partial charge < -0.3 is 10.2 Å². The number of anilines is 2. The fourth-order valence-corrected chi connectivity index (χ4v) is 2.88. The van der Waals surface area contributed by atoms with Crippen LogP contribution in [0.3, 0.4) is 0 Å². The molecular formula is C16H20N6O. The van der Waals surface area contributed by atoms with Crippen LogP contribution in [-0.2, 0) is 4.79 Å². The summed E-state index contributed by atoms with van der Waals surface area (Å²) in [7, 11) is 0. The number of hydrogen-bond donors (Lipinski definition) is 1. The third-order valence-corrected chi connectivity index (χ3v) is 3.90. The van der Waals surface area contributed by atoms with Crippen LogP contribution in [0.2, 0.25) is 0 Å². The molecule has 1 N–H and O–H groups in total. The predicted molar refractivity (Wildman–Crippen MR) is 86.1 cm³/mol. The first-order valence-corrected chi connectivity index (χ1v) is 7.79. The normalized spacial score (nSPS) is 17.8. The van der Waals surface area contributed by atoms with Gasteiger partial charge in [0.05, 0.1) is 12.2 Å². The third-order valence-electron chi connectivity index (χ3n) is 3.90. The topological polar surface area (TPSA) is 83.9 Å². The highest BCUT2D eigenvalue weighted by Gasteiger charge is 2.28. The van der Waals surface area contributed by atoms with Crippen LogP contribution < -0.4 is 5.32 Å². The average Bonchev–Trinajstić information content (AvgIpc) is 2.55. The van der Waals surface area contributed by atoms with Gasteiger partial charge in [0.2, 0.25) is 5.91 Å². The Labute approximate surface area is 135 Å². The monoisotopic (exact) mass is 312 g/mol. The van der Waals surface area contributed by atoms with Gasteiger partial charge in [0, 0.05) is 37.6 Å². The van der Waals surface area contributed by atoms with Gasteiger partial charge in [-0.2, -0.15) is 0 Å². The number of carbonyl (C=O) groups is 1. The molecule has 1 saturated heterocycles. The minimum absolute atomic E-state index is 0.0523. The fourth-order valence-electron chi connectivity index (χ4n) is 2.88. The number of amides is 1. The molecule has 7 heteroatoms. The Balaban J connectivity index is 1.89. The lowest BCUT2D eigenvalue weighted by Crippen LogP contribution is -2.37. The van der Waals surface area contributed by atoms with Gasteiger partial charge in [0.15, 0.2) is 5.82 Å². The zero-order valence-electron chi connectivity index (χ0n) is 13.4. The summed E-state index contributed by atoms with van der Waals surface area (Å²) in [6.45, 7) is 4.30. The van der Waals surface area contributed by atoms with E-state index in [1.54, 1.807) is 25.5 Å². The van der Waals surface area contributed by atoms with Gasteiger partial charge in [0.1, 0.15) is 11.6 Å². The first-order chi connectivity index (χ1) is 11.1. The van der Waals surface area contributed by atoms with E-state index in [4.69, 9.17) is 0 Å². The van der Waals surface area contributed by atoms with Gasteiger partial charge in [-0.25, -0.2) is 15.0 Å². The summed E-state index contributed by atoms with van der Waals surface area (Å²) in [6, 6.07) is 1.81. The van der Waals surface area contributed by atoms with E-state index in [1.165, 1.54) is 0 Å². The van der Waals surface area contributed by atoms with Crippen LogP contribution in [0.4, 0.5) is 11.6 Å². The quantitative estimate of drug-likeness (QED) is 0.937. The fraction of sp³-hybridized carbons (Fsp3) is 0.438. The lowest BCUT2D eigenvalue weighted by molar-refractivity contribution is -0.132. The second-order valence-corrected chi connectivity index (χ2v) is 5.69. The van der Waals surface area contributed by atoms with Crippen molar-refractivity contribution in [1.29, 1.82) is 0 Å². The number of aromatic nitrogens is 4. The average molecular weight is 312 g/mol. The smallest absolute Gasteiger partial charge is 0.220 e. The van der Waals surface area contributed by atoms with Gasteiger partial charge >= 0.3 is 0 Å². The predicted octanol–water partition coefficient (Wildman–Crippen LogP) is 2.39. The van der Waals surface area contributed by atoms with Gasteiger partial charge in [-0.1, -0.05) is 0 Å². The first kappa shape index (κ1) is 15.3. The van der Waals surface area contributed by atoms with Gasteiger partial charge in [-0.15, -0.1) is 0 Å². The van der Waals surface area contributed by atoms with Crippen molar-refractivity contribution in [2.24, 2.45) is 0 Å². The van der Waals surface area contributed by atoms with E-state index in [1.807, 2.05) is 17.9 Å². The number of nitrogens with one attached hydrogen (secondary N) is 1. The molecule has 1 atom stereocenters. The van der Waals surface area contributed by atoms with Gasteiger partial charge in [-0.3, -0.25) is 9.78 Å². The number of hydrogen-bond acceptors (Lipinski definition) is 6. The van der Waals surface area contributed by atoms with Crippen LogP contribution in [-0.4, -0.2) is 37.3 Å². The second kappa shape index (κ2) is 6.68. The Hall–Kier alpha value is -2.57. The Kier molecular flexibility index (Phi) is 4.45. The number of rotatable bonds is 3. The summed E-state index contributed by atoms with van der Waals surface area (Å²) in [6.07, 6.45) is 7.89. The number of carbonyl (C=O) groups excluding carboxylic acids is 1. The molecule has 0 aliphatic carbocycles. The highest BCUT2D eigenvalue weighted by molar-refractivity contribution is 5.73. The van der Waals surface area contributed by atoms with Crippen LogP contribution in [0.5, 0.6) is 0 Å². The molecule has 0 unspecified atom stereocenters. The summed E-state index contributed by atoms with van der Waals surface area (Å²) in [5, 5.41) is 3.14. The molecule has 0 radical (unpaired) electrons. The Morgan fingerprint density at radius 2 is 2.13 bits per heavy atom. The highest BCUT2D eigenvalue weighted by atomic mass is 16.2. The molecule has 1 aliphatic heterocycles. The van der Waals surface area contributed by atoms with Crippen molar-refractivity contribution in [3.8, 4) is 0 Å². The molecule has 7 nitrogen and oxygen atoms in total. The number of piperidine rings is 1. The van der Waals surface area contributed by atoms with E-state index < -0.39 is 0 Å². The molecule has 23 heavy (non-hydrogen) atoms. The molecule has 2 aromatic heterocycles. The third kappa shape index (κ3) is 3.61. The minimum atomic E-state index is -0.0523. The molecule has 3 heterocycles. The summed E-state index contributed by atoms with van der Waals surface area (Å²) in [4.78, 5) is 31.1. The Morgan fingerprint density at radius 1 is 1.26 bits per heavy atom. The van der Waals surface area contributed by atoms with Crippen molar-refractivity contribution in [3.63, 3.8) is 0 Å². The summed E-state index contributed by atoms with van der Waals surface area (Å²) in [5.74, 6) is 2.06. The lowest BCUT2D eigenvalue weighted by atomic mass is 10.0. The van der Waals surface area contributed by atoms with Gasteiger partial charge in [0.25, 0.3) is 0 Å². The van der Waals surface area contributed by atoms with Gasteiger partial charge in [-0.05, 0) is 26.2 Å². The van der Waals surface area contributed by atoms with Crippen molar-refractivity contribution in [3.05, 3.63) is 36.2 Å². The van der Waals surface area contributed by atoms with Crippen LogP contribution >= 0.6 is 0 Å². The zero-order valence-corrected chi connectivity index (χ0v) is 13.4. The summed E-state index contributed by atoms with van der Waals surface area (Å²) in [5.41, 5.74) is 0.857. The van der Waals surface area contributed by atoms with Crippen LogP contribution in [0.1, 0.15) is 43.7 Å². The van der Waals surface area contributed by atoms with E-state index in [2.05, 4.69) is 25.3 Å². The molecule has 0 saturated carbocycles. The summed E-state index contributed by atoms with van der Waals surface area (Å²) < 4.78 is 0. The highest BCUT2D eigenvalue weighted by Crippen LogP contribution is 2.29. The summed E-state index contributed by atoms with van der Waals surface area (Å²) >= 11 is 0. The van der Waals surface area contributed by atoms with E-state index in [0.717, 1.165) is 31.5 Å². The van der Waals surface area contributed by atoms with Crippen LogP contribution in [0, 0.1) is 6.92 Å². The first-order valence-electron chi connectivity index (χ1n) is 7.79. The van der Waals surface area contributed by atoms with Crippen molar-refractivity contribution in [2.75, 3.05) is 11.9 Å². The maximum absolute atomic E-state index is 11.9. The van der Waals surface area contributed by atoms with E-state index >= 15 is 0 Å². The Bertz CT molecular complexity index is 690. The molecule has 0 bridgehead atoms. The standard InChI is InChI=1S/C16H20N6O/c1-11-9-14(20-15-10-17-6-7-18-15)21-16(19-11)13-5-3-4-8-22(13)12(2)23/h6-7,9-10,13H,3-5,8H2,1-2H3,(H,18,19,20,21)/t13-/m1/s1. The second-order valence-electron chi connectivity index (χ2n) is 5.69. The molecule has 120 valence electrons. The van der Waals surface area contributed by atoms with Crippen LogP contribution in [0.15, 0.2) is 24.7 Å². The zero-order chi connectivity index (χ0) is 16.2. The molecular weight excluding hydrogens is 292 g/mol. The maximum atomic E-state index is 11.9. The van der Waals surface area contributed by atoms with E-state index in [0.29, 0.717) is 17.5 Å². The number of nitrogens with zero attached hydrogens (tertiary/aromatic N) is 5. The largest absolute Gasteiger partial charge is 0.333 e. The van der Waals surface area contributed by atoms with Crippen molar-refractivity contribution in [1.82, 2.24) is 24.8 Å². The molecule has 1 amide bonds. The molecule has 0 spiro atoms. The van der Waals surface area contributed by atoms with Crippen LogP contribution in [0.25, 0.3) is 0 Å². The van der Waals surface area contributed by atoms with Crippen molar-refractivity contribution >= 4 is 17.5 Å². The molecule has 2 aromatic rings. The maximum Gasteiger partial charge on any atom is 0.220 e. The minimum Gasteiger partial charge on any atom is -0.333 e. The lowest BCUT2D eigenvalue weighted by Gasteiger charge is -2.34. The number of aryl methyl sites for hydroxylation is 1. The molecule has 0 aromatic carbocycles. The van der Waals surface area contributed by atoms with E-state index in [9.17, 15) is 4.79 Å². The Morgan fingerprint density at radius 3 is 2.87 bits per heavy atom. The van der Waals surface area contributed by atoms with Crippen molar-refractivity contribution in [2.45, 2.75) is 39.2 Å². The SMILES string of the molecule is CC(=O)N1CCCC[C@@H]1c1nc(C)cc(Nc2cnccn2)n1. The van der Waals surface area contributed by atoms with E-state index in [-0.39, 0.29) is 11.9 Å². The van der Waals surface area contributed by atoms with Crippen molar-refractivity contribution < 1.29 is 4.79 Å². The molecule has 1 aliphatic rings. The number of likely N-dealkylation sites (tertiary alicyclic amines) is 1. The molecule has 1 fully saturated rings.